The highest BCUT2D eigenvalue weighted by molar-refractivity contribution is 5.83. The number of aryl methyl sites for hydroxylation is 1. The van der Waals surface area contributed by atoms with Crippen molar-refractivity contribution in [1.29, 1.82) is 0 Å². The molecule has 4 aromatic heterocycles. The largest absolute Gasteiger partial charge is 0.494 e. The summed E-state index contributed by atoms with van der Waals surface area (Å²) in [6.45, 7) is 2.41. The van der Waals surface area contributed by atoms with Crippen LogP contribution < -0.4 is 4.74 Å². The Hall–Kier alpha value is -3.81. The molecule has 5 rings (SSSR count). The molecule has 0 amide bonds. The van der Waals surface area contributed by atoms with Crippen LogP contribution in [-0.4, -0.2) is 36.4 Å². The SMILES string of the molecule is COc1ccnc2cnn(-c3cnc4nc(C)n(Cc5cccc(F)c5)c4c3)c12. The predicted molar refractivity (Wildman–Crippen MR) is 107 cm³/mol. The van der Waals surface area contributed by atoms with Gasteiger partial charge in [-0.25, -0.2) is 19.0 Å². The van der Waals surface area contributed by atoms with E-state index in [1.54, 1.807) is 42.5 Å². The zero-order chi connectivity index (χ0) is 20.0. The van der Waals surface area contributed by atoms with Crippen molar-refractivity contribution in [3.8, 4) is 11.4 Å². The van der Waals surface area contributed by atoms with Crippen LogP contribution in [0, 0.1) is 12.7 Å². The van der Waals surface area contributed by atoms with Gasteiger partial charge < -0.3 is 9.30 Å². The van der Waals surface area contributed by atoms with Crippen molar-refractivity contribution in [2.24, 2.45) is 0 Å². The van der Waals surface area contributed by atoms with Gasteiger partial charge in [-0.15, -0.1) is 0 Å². The van der Waals surface area contributed by atoms with Gasteiger partial charge in [0.1, 0.15) is 28.4 Å². The molecule has 0 spiro atoms. The minimum Gasteiger partial charge on any atom is -0.494 e. The molecule has 1 aromatic carbocycles. The van der Waals surface area contributed by atoms with Crippen LogP contribution in [0.1, 0.15) is 11.4 Å². The first-order chi connectivity index (χ1) is 14.1. The highest BCUT2D eigenvalue weighted by Gasteiger charge is 2.15. The number of rotatable bonds is 4. The van der Waals surface area contributed by atoms with E-state index >= 15 is 0 Å². The first-order valence-corrected chi connectivity index (χ1v) is 9.08. The molecule has 0 aliphatic heterocycles. The minimum atomic E-state index is -0.258. The number of imidazole rings is 1. The highest BCUT2D eigenvalue weighted by Crippen LogP contribution is 2.27. The molecule has 7 nitrogen and oxygen atoms in total. The summed E-state index contributed by atoms with van der Waals surface area (Å²) in [6.07, 6.45) is 5.10. The summed E-state index contributed by atoms with van der Waals surface area (Å²) in [4.78, 5) is 13.4. The van der Waals surface area contributed by atoms with E-state index in [1.807, 2.05) is 23.6 Å². The highest BCUT2D eigenvalue weighted by atomic mass is 19.1. The molecule has 0 fully saturated rings. The van der Waals surface area contributed by atoms with Gasteiger partial charge in [-0.3, -0.25) is 4.98 Å². The van der Waals surface area contributed by atoms with E-state index < -0.39 is 0 Å². The number of hydrogen-bond acceptors (Lipinski definition) is 5. The average molecular weight is 388 g/mol. The number of fused-ring (bicyclic) bond motifs is 2. The van der Waals surface area contributed by atoms with Crippen molar-refractivity contribution in [3.63, 3.8) is 0 Å². The Morgan fingerprint density at radius 2 is 2.00 bits per heavy atom. The predicted octanol–water partition coefficient (Wildman–Crippen LogP) is 3.67. The number of benzene rings is 1. The first-order valence-electron chi connectivity index (χ1n) is 9.08. The molecule has 0 bridgehead atoms. The lowest BCUT2D eigenvalue weighted by atomic mass is 10.2. The van der Waals surface area contributed by atoms with Gasteiger partial charge in [0.15, 0.2) is 5.65 Å². The molecule has 0 aliphatic carbocycles. The molecule has 0 N–H and O–H groups in total. The zero-order valence-electron chi connectivity index (χ0n) is 15.9. The summed E-state index contributed by atoms with van der Waals surface area (Å²) >= 11 is 0. The van der Waals surface area contributed by atoms with E-state index in [0.717, 1.165) is 33.6 Å². The molecule has 8 heteroatoms. The molecule has 4 heterocycles. The topological polar surface area (TPSA) is 70.7 Å². The zero-order valence-corrected chi connectivity index (χ0v) is 15.9. The van der Waals surface area contributed by atoms with Crippen molar-refractivity contribution >= 4 is 22.2 Å². The molecule has 0 saturated heterocycles. The van der Waals surface area contributed by atoms with Gasteiger partial charge in [0.2, 0.25) is 0 Å². The van der Waals surface area contributed by atoms with Crippen LogP contribution in [0.15, 0.2) is 55.0 Å². The van der Waals surface area contributed by atoms with E-state index in [4.69, 9.17) is 4.74 Å². The maximum atomic E-state index is 13.6. The Balaban J connectivity index is 1.66. The molecule has 0 saturated carbocycles. The van der Waals surface area contributed by atoms with Crippen molar-refractivity contribution in [2.75, 3.05) is 7.11 Å². The van der Waals surface area contributed by atoms with E-state index in [9.17, 15) is 4.39 Å². The minimum absolute atomic E-state index is 0.258. The Morgan fingerprint density at radius 3 is 2.83 bits per heavy atom. The second kappa shape index (κ2) is 6.66. The Labute approximate surface area is 165 Å². The summed E-state index contributed by atoms with van der Waals surface area (Å²) in [7, 11) is 1.62. The van der Waals surface area contributed by atoms with Crippen molar-refractivity contribution in [3.05, 3.63) is 72.2 Å². The van der Waals surface area contributed by atoms with Crippen LogP contribution in [0.25, 0.3) is 27.9 Å². The second-order valence-electron chi connectivity index (χ2n) is 6.71. The Bertz CT molecular complexity index is 1360. The molecule has 0 unspecified atom stereocenters. The lowest BCUT2D eigenvalue weighted by Crippen LogP contribution is -2.04. The molecule has 0 aliphatic rings. The van der Waals surface area contributed by atoms with E-state index in [0.29, 0.717) is 17.9 Å². The number of pyridine rings is 2. The van der Waals surface area contributed by atoms with E-state index in [-0.39, 0.29) is 5.82 Å². The van der Waals surface area contributed by atoms with Crippen LogP contribution in [0.2, 0.25) is 0 Å². The fraction of sp³-hybridized carbons (Fsp3) is 0.143. The smallest absolute Gasteiger partial charge is 0.178 e. The Morgan fingerprint density at radius 1 is 1.10 bits per heavy atom. The van der Waals surface area contributed by atoms with Crippen molar-refractivity contribution < 1.29 is 9.13 Å². The second-order valence-corrected chi connectivity index (χ2v) is 6.71. The van der Waals surface area contributed by atoms with Crippen LogP contribution in [0.3, 0.4) is 0 Å². The van der Waals surface area contributed by atoms with E-state index in [1.165, 1.54) is 12.1 Å². The molecule has 0 atom stereocenters. The van der Waals surface area contributed by atoms with Gasteiger partial charge in [0, 0.05) is 18.8 Å². The van der Waals surface area contributed by atoms with Crippen LogP contribution in [0.5, 0.6) is 5.75 Å². The monoisotopic (exact) mass is 388 g/mol. The standard InChI is InChI=1S/C21H17FN6O/c1-13-26-21-18(27(13)12-14-4-3-5-15(22)8-14)9-16(10-24-21)28-20-17(11-25-28)23-7-6-19(20)29-2/h3-11H,12H2,1-2H3. The average Bonchev–Trinajstić information content (AvgIpc) is 3.29. The third-order valence-corrected chi connectivity index (χ3v) is 4.90. The van der Waals surface area contributed by atoms with Gasteiger partial charge in [-0.2, -0.15) is 5.10 Å². The number of nitrogens with zero attached hydrogens (tertiary/aromatic N) is 6. The molecular formula is C21H17FN6O. The number of methoxy groups -OCH3 is 1. The van der Waals surface area contributed by atoms with Gasteiger partial charge in [-0.1, -0.05) is 12.1 Å². The molecule has 5 aromatic rings. The van der Waals surface area contributed by atoms with Gasteiger partial charge in [-0.05, 0) is 30.7 Å². The summed E-state index contributed by atoms with van der Waals surface area (Å²) in [5, 5.41) is 4.47. The fourth-order valence-corrected chi connectivity index (χ4v) is 3.53. The number of aromatic nitrogens is 6. The summed E-state index contributed by atoms with van der Waals surface area (Å²) in [5.74, 6) is 1.22. The van der Waals surface area contributed by atoms with Crippen molar-refractivity contribution in [1.82, 2.24) is 29.3 Å². The van der Waals surface area contributed by atoms with Crippen LogP contribution in [-0.2, 0) is 6.54 Å². The van der Waals surface area contributed by atoms with Crippen LogP contribution >= 0.6 is 0 Å². The third-order valence-electron chi connectivity index (χ3n) is 4.90. The van der Waals surface area contributed by atoms with Gasteiger partial charge in [0.25, 0.3) is 0 Å². The fourth-order valence-electron chi connectivity index (χ4n) is 3.53. The maximum Gasteiger partial charge on any atom is 0.178 e. The molecule has 144 valence electrons. The van der Waals surface area contributed by atoms with Gasteiger partial charge >= 0.3 is 0 Å². The lowest BCUT2D eigenvalue weighted by molar-refractivity contribution is 0.417. The third kappa shape index (κ3) is 2.89. The van der Waals surface area contributed by atoms with Gasteiger partial charge in [0.05, 0.1) is 30.7 Å². The molecular weight excluding hydrogens is 371 g/mol. The first kappa shape index (κ1) is 17.3. The summed E-state index contributed by atoms with van der Waals surface area (Å²) < 4.78 is 22.9. The molecule has 0 radical (unpaired) electrons. The lowest BCUT2D eigenvalue weighted by Gasteiger charge is -2.09. The normalized spacial score (nSPS) is 11.4. The summed E-state index contributed by atoms with van der Waals surface area (Å²) in [5.41, 5.74) is 4.59. The quantitative estimate of drug-likeness (QED) is 0.470. The summed E-state index contributed by atoms with van der Waals surface area (Å²) in [6, 6.07) is 10.3. The van der Waals surface area contributed by atoms with Crippen molar-refractivity contribution in [2.45, 2.75) is 13.5 Å². The maximum absolute atomic E-state index is 13.6. The van der Waals surface area contributed by atoms with E-state index in [2.05, 4.69) is 20.1 Å². The number of halogens is 1. The number of ether oxygens (including phenoxy) is 1. The Kier molecular flexibility index (Phi) is 3.97. The molecule has 29 heavy (non-hydrogen) atoms. The number of hydrogen-bond donors (Lipinski definition) is 0. The van der Waals surface area contributed by atoms with Crippen LogP contribution in [0.4, 0.5) is 4.39 Å².